The lowest BCUT2D eigenvalue weighted by molar-refractivity contribution is 0.477. The van der Waals surface area contributed by atoms with Crippen LogP contribution in [0.2, 0.25) is 0 Å². The molecule has 0 aliphatic carbocycles. The van der Waals surface area contributed by atoms with Gasteiger partial charge in [-0.2, -0.15) is 0 Å². The van der Waals surface area contributed by atoms with Gasteiger partial charge in [-0.25, -0.2) is 9.97 Å². The Morgan fingerprint density at radius 3 is 2.83 bits per heavy atom. The van der Waals surface area contributed by atoms with Crippen LogP contribution in [0.1, 0.15) is 11.3 Å². The SMILES string of the molecule is Oc1ccccc1-c1ncc2c(n1)CCNCC2. The average molecular weight is 241 g/mol. The van der Waals surface area contributed by atoms with Gasteiger partial charge >= 0.3 is 0 Å². The number of hydrogen-bond donors (Lipinski definition) is 2. The Morgan fingerprint density at radius 2 is 1.94 bits per heavy atom. The molecule has 18 heavy (non-hydrogen) atoms. The van der Waals surface area contributed by atoms with E-state index in [9.17, 15) is 5.11 Å². The minimum absolute atomic E-state index is 0.226. The number of hydrogen-bond acceptors (Lipinski definition) is 4. The van der Waals surface area contributed by atoms with E-state index in [0.29, 0.717) is 11.4 Å². The van der Waals surface area contributed by atoms with Crippen molar-refractivity contribution in [1.82, 2.24) is 15.3 Å². The van der Waals surface area contributed by atoms with Crippen LogP contribution in [0.25, 0.3) is 11.4 Å². The molecular formula is C14H15N3O. The summed E-state index contributed by atoms with van der Waals surface area (Å²) in [5, 5.41) is 13.2. The van der Waals surface area contributed by atoms with Crippen LogP contribution in [0.4, 0.5) is 0 Å². The van der Waals surface area contributed by atoms with Crippen molar-refractivity contribution in [2.75, 3.05) is 13.1 Å². The van der Waals surface area contributed by atoms with Crippen molar-refractivity contribution >= 4 is 0 Å². The summed E-state index contributed by atoms with van der Waals surface area (Å²) < 4.78 is 0. The largest absolute Gasteiger partial charge is 0.507 e. The molecule has 0 unspecified atom stereocenters. The van der Waals surface area contributed by atoms with E-state index in [-0.39, 0.29) is 5.75 Å². The summed E-state index contributed by atoms with van der Waals surface area (Å²) >= 11 is 0. The van der Waals surface area contributed by atoms with Crippen LogP contribution in [-0.4, -0.2) is 28.2 Å². The fourth-order valence-electron chi connectivity index (χ4n) is 2.21. The first kappa shape index (κ1) is 11.2. The van der Waals surface area contributed by atoms with Gasteiger partial charge in [0.1, 0.15) is 5.75 Å². The highest BCUT2D eigenvalue weighted by molar-refractivity contribution is 5.63. The van der Waals surface area contributed by atoms with Crippen LogP contribution in [0.15, 0.2) is 30.5 Å². The van der Waals surface area contributed by atoms with Crippen molar-refractivity contribution in [3.8, 4) is 17.1 Å². The molecule has 0 spiro atoms. The van der Waals surface area contributed by atoms with E-state index < -0.39 is 0 Å². The van der Waals surface area contributed by atoms with E-state index >= 15 is 0 Å². The molecule has 0 bridgehead atoms. The number of phenols is 1. The van der Waals surface area contributed by atoms with Gasteiger partial charge in [0.25, 0.3) is 0 Å². The number of aromatic hydroxyl groups is 1. The van der Waals surface area contributed by atoms with Gasteiger partial charge in [-0.15, -0.1) is 0 Å². The van der Waals surface area contributed by atoms with E-state index in [1.54, 1.807) is 12.1 Å². The lowest BCUT2D eigenvalue weighted by Crippen LogP contribution is -2.16. The highest BCUT2D eigenvalue weighted by atomic mass is 16.3. The summed E-state index contributed by atoms with van der Waals surface area (Å²) in [6.07, 6.45) is 3.77. The zero-order valence-corrected chi connectivity index (χ0v) is 10.1. The van der Waals surface area contributed by atoms with E-state index in [2.05, 4.69) is 15.3 Å². The number of benzene rings is 1. The van der Waals surface area contributed by atoms with E-state index in [1.165, 1.54) is 5.56 Å². The van der Waals surface area contributed by atoms with Crippen molar-refractivity contribution < 1.29 is 5.11 Å². The molecule has 0 radical (unpaired) electrons. The number of fused-ring (bicyclic) bond motifs is 1. The van der Waals surface area contributed by atoms with Crippen molar-refractivity contribution in [1.29, 1.82) is 0 Å². The Kier molecular flexibility index (Phi) is 2.94. The maximum absolute atomic E-state index is 9.83. The summed E-state index contributed by atoms with van der Waals surface area (Å²) in [5.41, 5.74) is 2.99. The molecule has 1 aliphatic heterocycles. The fourth-order valence-corrected chi connectivity index (χ4v) is 2.21. The Balaban J connectivity index is 2.04. The Morgan fingerprint density at radius 1 is 1.11 bits per heavy atom. The highest BCUT2D eigenvalue weighted by Crippen LogP contribution is 2.26. The molecule has 2 aromatic rings. The van der Waals surface area contributed by atoms with Gasteiger partial charge in [-0.1, -0.05) is 12.1 Å². The number of rotatable bonds is 1. The molecule has 1 aliphatic rings. The first-order valence-corrected chi connectivity index (χ1v) is 6.18. The van der Waals surface area contributed by atoms with Gasteiger partial charge in [-0.3, -0.25) is 0 Å². The molecule has 0 atom stereocenters. The number of para-hydroxylation sites is 1. The van der Waals surface area contributed by atoms with E-state index in [0.717, 1.165) is 31.6 Å². The normalized spacial score (nSPS) is 14.9. The topological polar surface area (TPSA) is 58.0 Å². The Bertz CT molecular complexity index is 569. The van der Waals surface area contributed by atoms with Crippen LogP contribution < -0.4 is 5.32 Å². The Hall–Kier alpha value is -1.94. The van der Waals surface area contributed by atoms with Crippen molar-refractivity contribution in [3.63, 3.8) is 0 Å². The first-order chi connectivity index (χ1) is 8.84. The van der Waals surface area contributed by atoms with Crippen molar-refractivity contribution in [3.05, 3.63) is 41.7 Å². The predicted octanol–water partition coefficient (Wildman–Crippen LogP) is 1.54. The molecule has 0 amide bonds. The third-order valence-corrected chi connectivity index (χ3v) is 3.21. The smallest absolute Gasteiger partial charge is 0.163 e. The van der Waals surface area contributed by atoms with Crippen LogP contribution in [-0.2, 0) is 12.8 Å². The van der Waals surface area contributed by atoms with Crippen LogP contribution in [0.3, 0.4) is 0 Å². The van der Waals surface area contributed by atoms with Crippen LogP contribution >= 0.6 is 0 Å². The molecular weight excluding hydrogens is 226 g/mol. The first-order valence-electron chi connectivity index (χ1n) is 6.18. The van der Waals surface area contributed by atoms with Gasteiger partial charge in [-0.05, 0) is 30.7 Å². The molecule has 4 heteroatoms. The summed E-state index contributed by atoms with van der Waals surface area (Å²) in [5.74, 6) is 0.831. The van der Waals surface area contributed by atoms with Gasteiger partial charge in [0.2, 0.25) is 0 Å². The molecule has 1 aromatic heterocycles. The molecule has 2 heterocycles. The summed E-state index contributed by atoms with van der Waals surface area (Å²) in [7, 11) is 0. The number of phenolic OH excluding ortho intramolecular Hbond substituents is 1. The predicted molar refractivity (Wildman–Crippen MR) is 69.4 cm³/mol. The number of nitrogens with one attached hydrogen (secondary N) is 1. The van der Waals surface area contributed by atoms with Gasteiger partial charge < -0.3 is 10.4 Å². The molecule has 0 fully saturated rings. The second-order valence-corrected chi connectivity index (χ2v) is 4.43. The van der Waals surface area contributed by atoms with Crippen LogP contribution in [0, 0.1) is 0 Å². The number of aromatic nitrogens is 2. The molecule has 0 saturated carbocycles. The van der Waals surface area contributed by atoms with Crippen molar-refractivity contribution in [2.24, 2.45) is 0 Å². The molecule has 4 nitrogen and oxygen atoms in total. The number of nitrogens with zero attached hydrogens (tertiary/aromatic N) is 2. The maximum atomic E-state index is 9.83. The standard InChI is InChI=1S/C14H15N3O/c18-13-4-2-1-3-11(13)14-16-9-10-5-7-15-8-6-12(10)17-14/h1-4,9,15,18H,5-8H2. The monoisotopic (exact) mass is 241 g/mol. The van der Waals surface area contributed by atoms with Gasteiger partial charge in [0.15, 0.2) is 5.82 Å². The Labute approximate surface area is 106 Å². The summed E-state index contributed by atoms with van der Waals surface area (Å²) in [4.78, 5) is 8.96. The quantitative estimate of drug-likeness (QED) is 0.795. The molecule has 3 rings (SSSR count). The maximum Gasteiger partial charge on any atom is 0.163 e. The highest BCUT2D eigenvalue weighted by Gasteiger charge is 2.12. The minimum atomic E-state index is 0.226. The van der Waals surface area contributed by atoms with Crippen LogP contribution in [0.5, 0.6) is 5.75 Å². The summed E-state index contributed by atoms with van der Waals surface area (Å²) in [6, 6.07) is 7.18. The second kappa shape index (κ2) is 4.74. The molecule has 1 aromatic carbocycles. The zero-order chi connectivity index (χ0) is 12.4. The minimum Gasteiger partial charge on any atom is -0.507 e. The third kappa shape index (κ3) is 2.07. The lowest BCUT2D eigenvalue weighted by atomic mass is 10.1. The average Bonchev–Trinajstić information content (AvgIpc) is 2.63. The second-order valence-electron chi connectivity index (χ2n) is 4.43. The lowest BCUT2D eigenvalue weighted by Gasteiger charge is -2.07. The van der Waals surface area contributed by atoms with Crippen molar-refractivity contribution in [2.45, 2.75) is 12.8 Å². The molecule has 0 saturated heterocycles. The van der Waals surface area contributed by atoms with Gasteiger partial charge in [0, 0.05) is 24.9 Å². The van der Waals surface area contributed by atoms with E-state index in [1.807, 2.05) is 18.3 Å². The fraction of sp³-hybridized carbons (Fsp3) is 0.286. The molecule has 2 N–H and O–H groups in total. The zero-order valence-electron chi connectivity index (χ0n) is 10.1. The third-order valence-electron chi connectivity index (χ3n) is 3.21. The van der Waals surface area contributed by atoms with E-state index in [4.69, 9.17) is 0 Å². The molecule has 92 valence electrons. The van der Waals surface area contributed by atoms with Gasteiger partial charge in [0.05, 0.1) is 5.56 Å². The summed E-state index contributed by atoms with van der Waals surface area (Å²) in [6.45, 7) is 1.93.